The first-order chi connectivity index (χ1) is 12.1. The van der Waals surface area contributed by atoms with Gasteiger partial charge in [-0.25, -0.2) is 15.3 Å². The maximum Gasteiger partial charge on any atom is 0.342 e. The van der Waals surface area contributed by atoms with Gasteiger partial charge in [0.25, 0.3) is 5.56 Å². The van der Waals surface area contributed by atoms with Crippen LogP contribution in [0.1, 0.15) is 12.0 Å². The van der Waals surface area contributed by atoms with Crippen LogP contribution in [0, 0.1) is 0 Å². The van der Waals surface area contributed by atoms with Crippen LogP contribution in [0.5, 0.6) is 0 Å². The van der Waals surface area contributed by atoms with E-state index in [0.717, 1.165) is 16.5 Å². The highest BCUT2D eigenvalue weighted by Crippen LogP contribution is 2.15. The molecule has 0 aliphatic rings. The standard InChI is InChI=1S/C15H15N7O3/c23-12(5-6-16-13-14(24)19-15(25)22-21-13)20-18-8-9-7-17-11-4-2-1-3-10(9)11/h1-4,7-8,17H,5-6H2,(H,16,21)(H,20,23)(H2,19,22,24,25). The monoisotopic (exact) mass is 341 g/mol. The maximum absolute atomic E-state index is 11.7. The molecule has 1 amide bonds. The SMILES string of the molecule is O=C(CCNc1n[nH]c(=O)[nH]c1=O)NN=Cc1c[nH]c2ccccc12. The summed E-state index contributed by atoms with van der Waals surface area (Å²) in [5.74, 6) is -0.390. The second-order valence-electron chi connectivity index (χ2n) is 5.12. The summed E-state index contributed by atoms with van der Waals surface area (Å²) in [6.07, 6.45) is 3.43. The van der Waals surface area contributed by atoms with Crippen LogP contribution in [0.4, 0.5) is 5.82 Å². The number of rotatable bonds is 6. The molecule has 0 bridgehead atoms. The number of nitrogens with one attached hydrogen (secondary N) is 5. The number of hydrazone groups is 1. The lowest BCUT2D eigenvalue weighted by molar-refractivity contribution is -0.120. The number of amides is 1. The molecule has 0 aliphatic heterocycles. The first kappa shape index (κ1) is 16.2. The van der Waals surface area contributed by atoms with Gasteiger partial charge < -0.3 is 10.3 Å². The molecule has 3 aromatic rings. The number of para-hydroxylation sites is 1. The Balaban J connectivity index is 1.49. The van der Waals surface area contributed by atoms with Gasteiger partial charge in [0.15, 0.2) is 0 Å². The van der Waals surface area contributed by atoms with Gasteiger partial charge in [0, 0.05) is 35.6 Å². The molecule has 25 heavy (non-hydrogen) atoms. The second kappa shape index (κ2) is 7.25. The molecular weight excluding hydrogens is 326 g/mol. The number of nitrogens with zero attached hydrogens (tertiary/aromatic N) is 2. The minimum absolute atomic E-state index is 0.0605. The molecule has 128 valence electrons. The van der Waals surface area contributed by atoms with Crippen LogP contribution in [0.25, 0.3) is 10.9 Å². The number of carbonyl (C=O) groups excluding carboxylic acids is 1. The summed E-state index contributed by atoms with van der Waals surface area (Å²) >= 11 is 0. The molecule has 3 rings (SSSR count). The van der Waals surface area contributed by atoms with Crippen molar-refractivity contribution in [1.29, 1.82) is 0 Å². The van der Waals surface area contributed by atoms with Gasteiger partial charge in [-0.05, 0) is 6.07 Å². The maximum atomic E-state index is 11.7. The molecule has 10 heteroatoms. The zero-order chi connectivity index (χ0) is 17.6. The van der Waals surface area contributed by atoms with Crippen LogP contribution >= 0.6 is 0 Å². The van der Waals surface area contributed by atoms with Crippen molar-refractivity contribution < 1.29 is 4.79 Å². The van der Waals surface area contributed by atoms with E-state index in [-0.39, 0.29) is 24.7 Å². The van der Waals surface area contributed by atoms with Gasteiger partial charge in [-0.2, -0.15) is 5.10 Å². The number of hydrogen-bond acceptors (Lipinski definition) is 6. The Bertz CT molecular complexity index is 1030. The molecule has 0 atom stereocenters. The van der Waals surface area contributed by atoms with Gasteiger partial charge in [-0.3, -0.25) is 14.6 Å². The van der Waals surface area contributed by atoms with E-state index >= 15 is 0 Å². The predicted octanol–water partition coefficient (Wildman–Crippen LogP) is -0.108. The minimum Gasteiger partial charge on any atom is -0.364 e. The molecule has 0 aliphatic carbocycles. The third-order valence-corrected chi connectivity index (χ3v) is 3.37. The van der Waals surface area contributed by atoms with Crippen LogP contribution in [0.15, 0.2) is 45.2 Å². The molecule has 2 aromatic heterocycles. The summed E-state index contributed by atoms with van der Waals surface area (Å²) in [4.78, 5) is 39.1. The fourth-order valence-corrected chi connectivity index (χ4v) is 2.19. The number of aromatic nitrogens is 4. The van der Waals surface area contributed by atoms with Gasteiger partial charge >= 0.3 is 5.69 Å². The molecule has 1 aromatic carbocycles. The highest BCUT2D eigenvalue weighted by atomic mass is 16.2. The van der Waals surface area contributed by atoms with Crippen molar-refractivity contribution >= 4 is 28.8 Å². The lowest BCUT2D eigenvalue weighted by Gasteiger charge is -2.02. The molecule has 10 nitrogen and oxygen atoms in total. The van der Waals surface area contributed by atoms with Crippen molar-refractivity contribution in [1.82, 2.24) is 25.6 Å². The van der Waals surface area contributed by atoms with Crippen LogP contribution in [0.2, 0.25) is 0 Å². The number of H-pyrrole nitrogens is 3. The summed E-state index contributed by atoms with van der Waals surface area (Å²) < 4.78 is 0. The van der Waals surface area contributed by atoms with E-state index in [0.29, 0.717) is 0 Å². The number of fused-ring (bicyclic) bond motifs is 1. The summed E-state index contributed by atoms with van der Waals surface area (Å²) in [7, 11) is 0. The first-order valence-electron chi connectivity index (χ1n) is 7.44. The average Bonchev–Trinajstić information content (AvgIpc) is 3.00. The molecule has 5 N–H and O–H groups in total. The number of benzene rings is 1. The lowest BCUT2D eigenvalue weighted by Crippen LogP contribution is -2.28. The van der Waals surface area contributed by atoms with Gasteiger partial charge in [-0.15, -0.1) is 5.10 Å². The lowest BCUT2D eigenvalue weighted by atomic mass is 10.2. The van der Waals surface area contributed by atoms with Crippen molar-refractivity contribution in [3.63, 3.8) is 0 Å². The highest BCUT2D eigenvalue weighted by Gasteiger charge is 2.04. The van der Waals surface area contributed by atoms with E-state index in [2.05, 4.69) is 31.0 Å². The van der Waals surface area contributed by atoms with Crippen LogP contribution in [0.3, 0.4) is 0 Å². The smallest absolute Gasteiger partial charge is 0.342 e. The topological polar surface area (TPSA) is 148 Å². The average molecular weight is 341 g/mol. The summed E-state index contributed by atoms with van der Waals surface area (Å²) in [6, 6.07) is 7.75. The van der Waals surface area contributed by atoms with Crippen LogP contribution in [-0.4, -0.2) is 38.8 Å². The third kappa shape index (κ3) is 3.99. The van der Waals surface area contributed by atoms with E-state index in [1.807, 2.05) is 29.2 Å². The Morgan fingerprint density at radius 2 is 2.12 bits per heavy atom. The van der Waals surface area contributed by atoms with Crippen LogP contribution < -0.4 is 22.0 Å². The van der Waals surface area contributed by atoms with E-state index in [1.54, 1.807) is 12.4 Å². The fraction of sp³-hybridized carbons (Fsp3) is 0.133. The van der Waals surface area contributed by atoms with Crippen molar-refractivity contribution in [3.8, 4) is 0 Å². The zero-order valence-electron chi connectivity index (χ0n) is 13.0. The molecule has 0 fully saturated rings. The van der Waals surface area contributed by atoms with Crippen LogP contribution in [-0.2, 0) is 4.79 Å². The Morgan fingerprint density at radius 3 is 2.96 bits per heavy atom. The Kier molecular flexibility index (Phi) is 4.69. The van der Waals surface area contributed by atoms with E-state index < -0.39 is 11.2 Å². The van der Waals surface area contributed by atoms with Crippen molar-refractivity contribution in [2.75, 3.05) is 11.9 Å². The second-order valence-corrected chi connectivity index (χ2v) is 5.12. The Morgan fingerprint density at radius 1 is 1.28 bits per heavy atom. The summed E-state index contributed by atoms with van der Waals surface area (Å²) in [5.41, 5.74) is 2.91. The molecule has 0 saturated carbocycles. The molecular formula is C15H15N7O3. The normalized spacial score (nSPS) is 11.0. The Labute approximate surface area is 140 Å². The molecule has 0 unspecified atom stereocenters. The molecule has 0 radical (unpaired) electrons. The predicted molar refractivity (Wildman–Crippen MR) is 92.6 cm³/mol. The van der Waals surface area contributed by atoms with Crippen molar-refractivity contribution in [2.24, 2.45) is 5.10 Å². The number of carbonyl (C=O) groups is 1. The van der Waals surface area contributed by atoms with Gasteiger partial charge in [0.2, 0.25) is 11.7 Å². The fourth-order valence-electron chi connectivity index (χ4n) is 2.19. The van der Waals surface area contributed by atoms with Gasteiger partial charge in [0.05, 0.1) is 6.21 Å². The quantitative estimate of drug-likeness (QED) is 0.313. The largest absolute Gasteiger partial charge is 0.364 e. The van der Waals surface area contributed by atoms with E-state index in [1.165, 1.54) is 0 Å². The van der Waals surface area contributed by atoms with E-state index in [9.17, 15) is 14.4 Å². The Hall–Kier alpha value is -3.69. The first-order valence-corrected chi connectivity index (χ1v) is 7.44. The van der Waals surface area contributed by atoms with Crippen molar-refractivity contribution in [2.45, 2.75) is 6.42 Å². The minimum atomic E-state index is -0.695. The number of anilines is 1. The number of aromatic amines is 3. The summed E-state index contributed by atoms with van der Waals surface area (Å²) in [6.45, 7) is 0.163. The number of hydrogen-bond donors (Lipinski definition) is 5. The zero-order valence-corrected chi connectivity index (χ0v) is 13.0. The molecule has 0 saturated heterocycles. The van der Waals surface area contributed by atoms with Gasteiger partial charge in [-0.1, -0.05) is 18.2 Å². The molecule has 2 heterocycles. The highest BCUT2D eigenvalue weighted by molar-refractivity contribution is 5.99. The van der Waals surface area contributed by atoms with E-state index in [4.69, 9.17) is 0 Å². The molecule has 0 spiro atoms. The summed E-state index contributed by atoms with van der Waals surface area (Å²) in [5, 5.41) is 13.2. The third-order valence-electron chi connectivity index (χ3n) is 3.37. The van der Waals surface area contributed by atoms with Crippen molar-refractivity contribution in [3.05, 3.63) is 56.9 Å². The van der Waals surface area contributed by atoms with Gasteiger partial charge in [0.1, 0.15) is 0 Å².